The molecule has 0 fully saturated rings. The van der Waals surface area contributed by atoms with Gasteiger partial charge < -0.3 is 14.4 Å². The van der Waals surface area contributed by atoms with Gasteiger partial charge in [-0.3, -0.25) is 9.59 Å². The zero-order valence-electron chi connectivity index (χ0n) is 15.7. The van der Waals surface area contributed by atoms with Crippen LogP contribution < -0.4 is 9.64 Å². The van der Waals surface area contributed by atoms with E-state index in [1.165, 1.54) is 16.7 Å². The number of nitrogens with zero attached hydrogens (tertiary/aromatic N) is 2. The fourth-order valence-electron chi connectivity index (χ4n) is 2.37. The first kappa shape index (κ1) is 21.3. The van der Waals surface area contributed by atoms with Crippen molar-refractivity contribution in [3.63, 3.8) is 0 Å². The fraction of sp³-hybridized carbons (Fsp3) is 0.286. The van der Waals surface area contributed by atoms with E-state index in [4.69, 9.17) is 14.7 Å². The Hall–Kier alpha value is -2.98. The molecule has 0 aliphatic rings. The maximum atomic E-state index is 12.5. The molecule has 0 bridgehead atoms. The molecule has 2 aromatic rings. The Bertz CT molecular complexity index is 803. The van der Waals surface area contributed by atoms with E-state index in [1.54, 1.807) is 24.3 Å². The van der Waals surface area contributed by atoms with Crippen LogP contribution in [-0.2, 0) is 14.3 Å². The zero-order chi connectivity index (χ0) is 20.2. The molecule has 0 aliphatic heterocycles. The fourth-order valence-corrected chi connectivity index (χ4v) is 3.09. The Morgan fingerprint density at radius 2 is 1.82 bits per heavy atom. The van der Waals surface area contributed by atoms with Gasteiger partial charge in [-0.25, -0.2) is 0 Å². The third kappa shape index (κ3) is 6.97. The van der Waals surface area contributed by atoms with E-state index >= 15 is 0 Å². The predicted molar refractivity (Wildman–Crippen MR) is 108 cm³/mol. The van der Waals surface area contributed by atoms with Gasteiger partial charge in [-0.05, 0) is 43.3 Å². The molecule has 0 saturated carbocycles. The second kappa shape index (κ2) is 11.7. The van der Waals surface area contributed by atoms with Crippen LogP contribution in [0, 0.1) is 11.3 Å². The maximum Gasteiger partial charge on any atom is 0.316 e. The number of ether oxygens (including phenoxy) is 2. The van der Waals surface area contributed by atoms with Crippen molar-refractivity contribution in [2.24, 2.45) is 0 Å². The molecule has 0 saturated heterocycles. The summed E-state index contributed by atoms with van der Waals surface area (Å²) in [6.45, 7) is 2.29. The van der Waals surface area contributed by atoms with Crippen molar-refractivity contribution in [2.45, 2.75) is 18.2 Å². The number of esters is 1. The van der Waals surface area contributed by atoms with E-state index in [-0.39, 0.29) is 31.2 Å². The van der Waals surface area contributed by atoms with Gasteiger partial charge in [0.2, 0.25) is 0 Å². The van der Waals surface area contributed by atoms with Gasteiger partial charge in [-0.1, -0.05) is 18.2 Å². The quantitative estimate of drug-likeness (QED) is 0.449. The molecule has 0 spiro atoms. The molecule has 0 aliphatic carbocycles. The molecule has 0 heterocycles. The molecule has 0 radical (unpaired) electrons. The largest absolute Gasteiger partial charge is 0.494 e. The Labute approximate surface area is 169 Å². The first-order valence-corrected chi connectivity index (χ1v) is 9.86. The van der Waals surface area contributed by atoms with Crippen LogP contribution >= 0.6 is 11.8 Å². The number of carbonyl (C=O) groups excluding carboxylic acids is 2. The van der Waals surface area contributed by atoms with Crippen LogP contribution in [-0.4, -0.2) is 37.4 Å². The van der Waals surface area contributed by atoms with Crippen LogP contribution in [0.25, 0.3) is 0 Å². The van der Waals surface area contributed by atoms with Crippen molar-refractivity contribution in [3.05, 3.63) is 54.6 Å². The van der Waals surface area contributed by atoms with Crippen LogP contribution in [0.3, 0.4) is 0 Å². The minimum Gasteiger partial charge on any atom is -0.494 e. The minimum atomic E-state index is -0.464. The van der Waals surface area contributed by atoms with E-state index in [0.717, 1.165) is 4.90 Å². The lowest BCUT2D eigenvalue weighted by atomic mass is 10.2. The number of benzene rings is 2. The number of rotatable bonds is 10. The highest BCUT2D eigenvalue weighted by atomic mass is 32.2. The van der Waals surface area contributed by atoms with E-state index < -0.39 is 5.97 Å². The first-order chi connectivity index (χ1) is 13.6. The molecule has 0 N–H and O–H groups in total. The number of anilines is 1. The van der Waals surface area contributed by atoms with Gasteiger partial charge >= 0.3 is 5.97 Å². The highest BCUT2D eigenvalue weighted by molar-refractivity contribution is 8.00. The summed E-state index contributed by atoms with van der Waals surface area (Å²) < 4.78 is 10.5. The standard InChI is InChI=1S/C21H22N2O4S/c1-2-26-18-11-9-17(10-12-18)23(14-6-13-22)20(24)15-27-21(25)16-28-19-7-4-3-5-8-19/h3-5,7-12H,2,6,14-16H2,1H3. The molecule has 0 unspecified atom stereocenters. The van der Waals surface area contributed by atoms with Crippen LogP contribution in [0.4, 0.5) is 5.69 Å². The van der Waals surface area contributed by atoms with Crippen LogP contribution in [0.1, 0.15) is 13.3 Å². The van der Waals surface area contributed by atoms with Gasteiger partial charge in [0.25, 0.3) is 5.91 Å². The Morgan fingerprint density at radius 3 is 2.46 bits per heavy atom. The van der Waals surface area contributed by atoms with Crippen molar-refractivity contribution in [3.8, 4) is 11.8 Å². The maximum absolute atomic E-state index is 12.5. The third-order valence-electron chi connectivity index (χ3n) is 3.66. The SMILES string of the molecule is CCOc1ccc(N(CCC#N)C(=O)COC(=O)CSc2ccccc2)cc1. The van der Waals surface area contributed by atoms with Gasteiger partial charge in [0.1, 0.15) is 5.75 Å². The van der Waals surface area contributed by atoms with Gasteiger partial charge in [0, 0.05) is 17.1 Å². The zero-order valence-corrected chi connectivity index (χ0v) is 16.5. The molecule has 1 amide bonds. The Balaban J connectivity index is 1.91. The number of thioether (sulfide) groups is 1. The highest BCUT2D eigenvalue weighted by Crippen LogP contribution is 2.20. The minimum absolute atomic E-state index is 0.124. The smallest absolute Gasteiger partial charge is 0.316 e. The Morgan fingerprint density at radius 1 is 1.11 bits per heavy atom. The Kier molecular flexibility index (Phi) is 8.89. The topological polar surface area (TPSA) is 79.6 Å². The van der Waals surface area contributed by atoms with Gasteiger partial charge in [0.15, 0.2) is 6.61 Å². The third-order valence-corrected chi connectivity index (χ3v) is 4.65. The van der Waals surface area contributed by atoms with Gasteiger partial charge in [0.05, 0.1) is 24.8 Å². The first-order valence-electron chi connectivity index (χ1n) is 8.87. The molecule has 28 heavy (non-hydrogen) atoms. The van der Waals surface area contributed by atoms with Crippen molar-refractivity contribution < 1.29 is 19.1 Å². The lowest BCUT2D eigenvalue weighted by molar-refractivity contribution is -0.145. The van der Waals surface area contributed by atoms with Gasteiger partial charge in [-0.15, -0.1) is 11.8 Å². The lowest BCUT2D eigenvalue weighted by Gasteiger charge is -2.22. The van der Waals surface area contributed by atoms with Crippen LogP contribution in [0.2, 0.25) is 0 Å². The molecule has 2 rings (SSSR count). The number of carbonyl (C=O) groups is 2. The summed E-state index contributed by atoms with van der Waals surface area (Å²) in [5.41, 5.74) is 0.624. The van der Waals surface area contributed by atoms with E-state index in [2.05, 4.69) is 0 Å². The number of nitriles is 1. The van der Waals surface area contributed by atoms with Crippen molar-refractivity contribution in [1.29, 1.82) is 5.26 Å². The number of hydrogen-bond donors (Lipinski definition) is 0. The summed E-state index contributed by atoms with van der Waals surface area (Å²) in [6, 6.07) is 18.5. The summed E-state index contributed by atoms with van der Waals surface area (Å²) in [5.74, 6) is -0.0201. The number of amides is 1. The van der Waals surface area contributed by atoms with Crippen molar-refractivity contribution in [1.82, 2.24) is 0 Å². The molecule has 0 aromatic heterocycles. The monoisotopic (exact) mass is 398 g/mol. The average molecular weight is 398 g/mol. The summed E-state index contributed by atoms with van der Waals surface area (Å²) in [5, 5.41) is 8.86. The molecule has 7 heteroatoms. The molecule has 146 valence electrons. The molecule has 2 aromatic carbocycles. The summed E-state index contributed by atoms with van der Waals surface area (Å²) in [4.78, 5) is 26.9. The van der Waals surface area contributed by atoms with Gasteiger partial charge in [-0.2, -0.15) is 5.26 Å². The normalized spacial score (nSPS) is 10.0. The predicted octanol–water partition coefficient (Wildman–Crippen LogP) is 3.67. The molecule has 6 nitrogen and oxygen atoms in total. The molecule has 0 atom stereocenters. The number of hydrogen-bond acceptors (Lipinski definition) is 6. The van der Waals surface area contributed by atoms with Crippen LogP contribution in [0.15, 0.2) is 59.5 Å². The van der Waals surface area contributed by atoms with E-state index in [9.17, 15) is 9.59 Å². The lowest BCUT2D eigenvalue weighted by Crippen LogP contribution is -2.35. The van der Waals surface area contributed by atoms with Crippen molar-refractivity contribution in [2.75, 3.05) is 30.4 Å². The van der Waals surface area contributed by atoms with Crippen LogP contribution in [0.5, 0.6) is 5.75 Å². The summed E-state index contributed by atoms with van der Waals surface area (Å²) in [6.07, 6.45) is 0.177. The molecular weight excluding hydrogens is 376 g/mol. The average Bonchev–Trinajstić information content (AvgIpc) is 2.73. The summed E-state index contributed by atoms with van der Waals surface area (Å²) >= 11 is 1.35. The molecular formula is C21H22N2O4S. The van der Waals surface area contributed by atoms with Crippen molar-refractivity contribution >= 4 is 29.3 Å². The second-order valence-electron chi connectivity index (χ2n) is 5.64. The highest BCUT2D eigenvalue weighted by Gasteiger charge is 2.18. The van der Waals surface area contributed by atoms with E-state index in [0.29, 0.717) is 18.0 Å². The second-order valence-corrected chi connectivity index (χ2v) is 6.69. The van der Waals surface area contributed by atoms with E-state index in [1.807, 2.05) is 43.3 Å². The summed E-state index contributed by atoms with van der Waals surface area (Å²) in [7, 11) is 0.